The highest BCUT2D eigenvalue weighted by molar-refractivity contribution is 5.90. The van der Waals surface area contributed by atoms with Crippen LogP contribution in [0.5, 0.6) is 0 Å². The summed E-state index contributed by atoms with van der Waals surface area (Å²) in [5.41, 5.74) is 8.82. The number of carboxylic acid groups (broad SMARTS) is 1. The van der Waals surface area contributed by atoms with E-state index in [4.69, 9.17) is 0 Å². The fraction of sp³-hybridized carbons (Fsp3) is 0.545. The van der Waals surface area contributed by atoms with E-state index in [0.717, 1.165) is 45.3 Å². The highest BCUT2D eigenvalue weighted by Crippen LogP contribution is 2.46. The van der Waals surface area contributed by atoms with E-state index in [0.29, 0.717) is 29.2 Å². The first-order valence-corrected chi connectivity index (χ1v) is 14.3. The lowest BCUT2D eigenvalue weighted by atomic mass is 9.69. The largest absolute Gasteiger partial charge is 0.478 e. The van der Waals surface area contributed by atoms with Crippen molar-refractivity contribution in [3.05, 3.63) is 75.9 Å². The van der Waals surface area contributed by atoms with Crippen LogP contribution in [-0.4, -0.2) is 42.3 Å². The molecule has 0 aromatic heterocycles. The average Bonchev–Trinajstić information content (AvgIpc) is 3.05. The topological polar surface area (TPSA) is 40.5 Å². The second-order valence-electron chi connectivity index (χ2n) is 12.4. The van der Waals surface area contributed by atoms with Gasteiger partial charge in [0.15, 0.2) is 0 Å². The Hall–Kier alpha value is -2.17. The predicted molar refractivity (Wildman–Crippen MR) is 156 cm³/mol. The normalized spacial score (nSPS) is 20.3. The molecule has 1 heterocycles. The third kappa shape index (κ3) is 6.51. The number of fused-ring (bicyclic) bond motifs is 1. The van der Waals surface area contributed by atoms with Crippen molar-refractivity contribution in [3.8, 4) is 0 Å². The van der Waals surface area contributed by atoms with Gasteiger partial charge >= 0.3 is 5.97 Å². The molecule has 1 aliphatic heterocycles. The number of hydrogen-bond donors (Lipinski definition) is 1. The molecule has 0 spiro atoms. The van der Waals surface area contributed by atoms with Gasteiger partial charge < -0.3 is 10.0 Å². The molecule has 206 valence electrons. The van der Waals surface area contributed by atoms with Gasteiger partial charge in [-0.2, -0.15) is 0 Å². The summed E-state index contributed by atoms with van der Waals surface area (Å²) in [7, 11) is 0. The van der Waals surface area contributed by atoms with Crippen molar-refractivity contribution in [3.63, 3.8) is 0 Å². The van der Waals surface area contributed by atoms with E-state index in [1.54, 1.807) is 11.6 Å². The van der Waals surface area contributed by atoms with Crippen molar-refractivity contribution in [2.75, 3.05) is 26.3 Å². The lowest BCUT2D eigenvalue weighted by molar-refractivity contribution is 0.0696. The molecule has 0 atom stereocenters. The third-order valence-corrected chi connectivity index (χ3v) is 9.07. The number of nitrogens with zero attached hydrogens (tertiary/aromatic N) is 1. The number of alkyl halides is 1. The summed E-state index contributed by atoms with van der Waals surface area (Å²) in [4.78, 5) is 14.0. The van der Waals surface area contributed by atoms with Crippen molar-refractivity contribution in [2.24, 2.45) is 17.3 Å². The van der Waals surface area contributed by atoms with E-state index in [9.17, 15) is 14.3 Å². The summed E-state index contributed by atoms with van der Waals surface area (Å²) in [6.45, 7) is 7.61. The standard InChI is InChI=1S/C33H42FNO2.ClH/c1-33(2)15-13-25(14-16-33)29-6-3-5-27-20-28(32(36)37)11-12-30(27)31(29)26-9-7-23(8-10-26)19-24-21-35(22-24)18-4-17-34;/h7-12,20,24-25H,3-6,13-19,21-22H2,1-2H3,(H,36,37);1H. The first-order chi connectivity index (χ1) is 17.8. The van der Waals surface area contributed by atoms with Gasteiger partial charge in [-0.15, -0.1) is 12.4 Å². The SMILES string of the molecule is CC1(C)CCC(C2=C(c3ccc(CC4CN(CCCF)C4)cc3)c3ccc(C(=O)O)cc3CCC2)CC1.Cl. The Kier molecular flexibility index (Phi) is 9.36. The number of benzene rings is 2. The van der Waals surface area contributed by atoms with Crippen LogP contribution >= 0.6 is 12.4 Å². The number of aryl methyl sites for hydroxylation is 1. The molecule has 2 aromatic rings. The van der Waals surface area contributed by atoms with Crippen LogP contribution < -0.4 is 0 Å². The Morgan fingerprint density at radius 2 is 1.76 bits per heavy atom. The van der Waals surface area contributed by atoms with Crippen LogP contribution in [0.3, 0.4) is 0 Å². The minimum Gasteiger partial charge on any atom is -0.478 e. The zero-order valence-corrected chi connectivity index (χ0v) is 23.8. The van der Waals surface area contributed by atoms with E-state index in [1.165, 1.54) is 53.5 Å². The van der Waals surface area contributed by atoms with E-state index in [1.807, 2.05) is 6.07 Å². The maximum Gasteiger partial charge on any atom is 0.335 e. The Morgan fingerprint density at radius 1 is 1.05 bits per heavy atom. The van der Waals surface area contributed by atoms with Crippen molar-refractivity contribution >= 4 is 23.9 Å². The molecule has 38 heavy (non-hydrogen) atoms. The molecule has 3 aliphatic rings. The summed E-state index contributed by atoms with van der Waals surface area (Å²) >= 11 is 0. The quantitative estimate of drug-likeness (QED) is 0.369. The summed E-state index contributed by atoms with van der Waals surface area (Å²) in [5, 5.41) is 9.60. The molecule has 2 fully saturated rings. The van der Waals surface area contributed by atoms with Gasteiger partial charge in [0.05, 0.1) is 12.2 Å². The molecule has 1 saturated heterocycles. The average molecular weight is 540 g/mol. The molecule has 2 aliphatic carbocycles. The van der Waals surface area contributed by atoms with Crippen molar-refractivity contribution in [1.29, 1.82) is 0 Å². The highest BCUT2D eigenvalue weighted by atomic mass is 35.5. The monoisotopic (exact) mass is 539 g/mol. The second-order valence-corrected chi connectivity index (χ2v) is 12.4. The van der Waals surface area contributed by atoms with Crippen LogP contribution in [0.4, 0.5) is 4.39 Å². The van der Waals surface area contributed by atoms with Crippen LogP contribution in [0.1, 0.15) is 91.4 Å². The number of rotatable bonds is 8. The first kappa shape index (κ1) is 28.8. The Labute approximate surface area is 233 Å². The lowest BCUT2D eigenvalue weighted by Crippen LogP contribution is -2.47. The number of aromatic carboxylic acids is 1. The summed E-state index contributed by atoms with van der Waals surface area (Å²) < 4.78 is 12.4. The van der Waals surface area contributed by atoms with Gasteiger partial charge in [-0.25, -0.2) is 4.79 Å². The molecule has 1 saturated carbocycles. The minimum absolute atomic E-state index is 0. The van der Waals surface area contributed by atoms with Crippen LogP contribution in [0.25, 0.3) is 5.57 Å². The Bertz CT molecular complexity index is 1140. The van der Waals surface area contributed by atoms with Crippen molar-refractivity contribution in [2.45, 2.75) is 71.6 Å². The van der Waals surface area contributed by atoms with Crippen molar-refractivity contribution in [1.82, 2.24) is 4.90 Å². The van der Waals surface area contributed by atoms with E-state index in [-0.39, 0.29) is 19.1 Å². The molecular formula is C33H43ClFNO2. The molecule has 0 amide bonds. The van der Waals surface area contributed by atoms with Gasteiger partial charge in [-0.3, -0.25) is 4.39 Å². The fourth-order valence-corrected chi connectivity index (χ4v) is 6.85. The molecule has 0 bridgehead atoms. The minimum atomic E-state index is -0.851. The van der Waals surface area contributed by atoms with Crippen LogP contribution in [-0.2, 0) is 12.8 Å². The van der Waals surface area contributed by atoms with E-state index in [2.05, 4.69) is 49.1 Å². The van der Waals surface area contributed by atoms with Gasteiger partial charge in [0.1, 0.15) is 0 Å². The molecule has 5 rings (SSSR count). The van der Waals surface area contributed by atoms with Gasteiger partial charge in [0.2, 0.25) is 0 Å². The van der Waals surface area contributed by atoms with Gasteiger partial charge in [0, 0.05) is 19.6 Å². The molecule has 5 heteroatoms. The van der Waals surface area contributed by atoms with Crippen molar-refractivity contribution < 1.29 is 14.3 Å². The highest BCUT2D eigenvalue weighted by Gasteiger charge is 2.32. The lowest BCUT2D eigenvalue weighted by Gasteiger charge is -2.39. The zero-order chi connectivity index (χ0) is 26.0. The van der Waals surface area contributed by atoms with Gasteiger partial charge in [-0.1, -0.05) is 49.8 Å². The molecule has 0 radical (unpaired) electrons. The van der Waals surface area contributed by atoms with Crippen LogP contribution in [0, 0.1) is 17.3 Å². The summed E-state index contributed by atoms with van der Waals surface area (Å²) in [6, 6.07) is 15.0. The fourth-order valence-electron chi connectivity index (χ4n) is 6.85. The van der Waals surface area contributed by atoms with Gasteiger partial charge in [0.25, 0.3) is 0 Å². The molecular weight excluding hydrogens is 497 g/mol. The maximum atomic E-state index is 12.4. The number of carboxylic acids is 1. The molecule has 3 nitrogen and oxygen atoms in total. The third-order valence-electron chi connectivity index (χ3n) is 9.07. The summed E-state index contributed by atoms with van der Waals surface area (Å²) in [6.07, 6.45) is 9.84. The number of allylic oxidation sites excluding steroid dienone is 1. The summed E-state index contributed by atoms with van der Waals surface area (Å²) in [5.74, 6) is 0.424. The van der Waals surface area contributed by atoms with Crippen LogP contribution in [0.2, 0.25) is 0 Å². The maximum absolute atomic E-state index is 12.4. The number of hydrogen-bond acceptors (Lipinski definition) is 2. The van der Waals surface area contributed by atoms with Crippen LogP contribution in [0.15, 0.2) is 48.0 Å². The van der Waals surface area contributed by atoms with Gasteiger partial charge in [-0.05, 0) is 115 Å². The Balaban J connectivity index is 0.00000336. The predicted octanol–water partition coefficient (Wildman–Crippen LogP) is 8.00. The number of halogens is 2. The van der Waals surface area contributed by atoms with E-state index < -0.39 is 5.97 Å². The number of likely N-dealkylation sites (tertiary alicyclic amines) is 1. The van der Waals surface area contributed by atoms with E-state index >= 15 is 0 Å². The first-order valence-electron chi connectivity index (χ1n) is 14.3. The Morgan fingerprint density at radius 3 is 2.42 bits per heavy atom. The molecule has 0 unspecified atom stereocenters. The molecule has 2 aromatic carbocycles. The smallest absolute Gasteiger partial charge is 0.335 e. The molecule has 1 N–H and O–H groups in total. The second kappa shape index (κ2) is 12.3. The number of carbonyl (C=O) groups is 1. The zero-order valence-electron chi connectivity index (χ0n) is 23.0.